The number of amides is 1. The maximum absolute atomic E-state index is 12.7. The first kappa shape index (κ1) is 24.6. The molecule has 0 atom stereocenters. The van der Waals surface area contributed by atoms with Gasteiger partial charge in [0.05, 0.1) is 34.8 Å². The molecule has 0 radical (unpaired) electrons. The SMILES string of the molecule is COc1ccc(-c2cc(-c3ccccc3)c(C#N)c(SCC(=O)Nc3cc(Cl)ccc3Cl)n2)cc1. The summed E-state index contributed by atoms with van der Waals surface area (Å²) in [5.41, 5.74) is 4.02. The van der Waals surface area contributed by atoms with Gasteiger partial charge in [-0.25, -0.2) is 4.98 Å². The Hall–Kier alpha value is -3.50. The highest BCUT2D eigenvalue weighted by Crippen LogP contribution is 2.35. The quantitative estimate of drug-likeness (QED) is 0.258. The molecule has 0 aliphatic heterocycles. The van der Waals surface area contributed by atoms with Crippen molar-refractivity contribution in [2.75, 3.05) is 18.2 Å². The van der Waals surface area contributed by atoms with E-state index in [1.807, 2.05) is 60.7 Å². The second kappa shape index (κ2) is 11.3. The number of anilines is 1. The lowest BCUT2D eigenvalue weighted by Gasteiger charge is -2.13. The van der Waals surface area contributed by atoms with Crippen LogP contribution in [0.15, 0.2) is 83.9 Å². The van der Waals surface area contributed by atoms with E-state index >= 15 is 0 Å². The Morgan fingerprint density at radius 1 is 1.03 bits per heavy atom. The number of nitrogens with one attached hydrogen (secondary N) is 1. The van der Waals surface area contributed by atoms with E-state index in [2.05, 4.69) is 11.4 Å². The number of pyridine rings is 1. The van der Waals surface area contributed by atoms with E-state index in [4.69, 9.17) is 32.9 Å². The number of nitriles is 1. The molecular formula is C27H19Cl2N3O2S. The molecule has 35 heavy (non-hydrogen) atoms. The Kier molecular flexibility index (Phi) is 7.94. The number of benzene rings is 3. The summed E-state index contributed by atoms with van der Waals surface area (Å²) >= 11 is 13.4. The average molecular weight is 520 g/mol. The van der Waals surface area contributed by atoms with Gasteiger partial charge in [0.25, 0.3) is 0 Å². The number of thioether (sulfide) groups is 1. The van der Waals surface area contributed by atoms with Crippen LogP contribution in [0.5, 0.6) is 5.75 Å². The van der Waals surface area contributed by atoms with Crippen LogP contribution < -0.4 is 10.1 Å². The number of ether oxygens (including phenoxy) is 1. The van der Waals surface area contributed by atoms with Crippen LogP contribution in [0.1, 0.15) is 5.56 Å². The predicted molar refractivity (Wildman–Crippen MR) is 142 cm³/mol. The van der Waals surface area contributed by atoms with Gasteiger partial charge in [0.15, 0.2) is 0 Å². The topological polar surface area (TPSA) is 75.0 Å². The van der Waals surface area contributed by atoms with Crippen LogP contribution in [-0.4, -0.2) is 23.8 Å². The molecule has 1 aromatic heterocycles. The summed E-state index contributed by atoms with van der Waals surface area (Å²) in [5.74, 6) is 0.475. The van der Waals surface area contributed by atoms with E-state index in [1.165, 1.54) is 11.8 Å². The molecule has 0 aliphatic rings. The highest BCUT2D eigenvalue weighted by Gasteiger charge is 2.17. The largest absolute Gasteiger partial charge is 0.497 e. The van der Waals surface area contributed by atoms with Gasteiger partial charge < -0.3 is 10.1 Å². The van der Waals surface area contributed by atoms with Crippen molar-refractivity contribution in [3.63, 3.8) is 0 Å². The zero-order chi connectivity index (χ0) is 24.8. The van der Waals surface area contributed by atoms with E-state index in [-0.39, 0.29) is 11.7 Å². The Labute approximate surface area is 217 Å². The Morgan fingerprint density at radius 3 is 2.46 bits per heavy atom. The van der Waals surface area contributed by atoms with Crippen LogP contribution >= 0.6 is 35.0 Å². The van der Waals surface area contributed by atoms with Crippen LogP contribution in [0, 0.1) is 11.3 Å². The molecule has 4 aromatic rings. The summed E-state index contributed by atoms with van der Waals surface area (Å²) in [6.07, 6.45) is 0. The summed E-state index contributed by atoms with van der Waals surface area (Å²) in [4.78, 5) is 17.4. The van der Waals surface area contributed by atoms with Gasteiger partial charge in [-0.1, -0.05) is 65.3 Å². The van der Waals surface area contributed by atoms with E-state index in [1.54, 1.807) is 25.3 Å². The van der Waals surface area contributed by atoms with Gasteiger partial charge in [0.1, 0.15) is 16.8 Å². The lowest BCUT2D eigenvalue weighted by Crippen LogP contribution is -2.14. The molecule has 5 nitrogen and oxygen atoms in total. The zero-order valence-electron chi connectivity index (χ0n) is 18.6. The Morgan fingerprint density at radius 2 is 1.77 bits per heavy atom. The fourth-order valence-corrected chi connectivity index (χ4v) is 4.54. The number of rotatable bonds is 7. The summed E-state index contributed by atoms with van der Waals surface area (Å²) in [7, 11) is 1.61. The fraction of sp³-hybridized carbons (Fsp3) is 0.0741. The smallest absolute Gasteiger partial charge is 0.234 e. The molecule has 1 heterocycles. The molecule has 0 spiro atoms. The first-order chi connectivity index (χ1) is 17.0. The number of nitrogens with zero attached hydrogens (tertiary/aromatic N) is 2. The normalized spacial score (nSPS) is 10.5. The number of hydrogen-bond donors (Lipinski definition) is 1. The highest BCUT2D eigenvalue weighted by molar-refractivity contribution is 8.00. The number of aromatic nitrogens is 1. The third-order valence-electron chi connectivity index (χ3n) is 5.11. The molecule has 0 aliphatic carbocycles. The number of hydrogen-bond acceptors (Lipinski definition) is 5. The molecule has 3 aromatic carbocycles. The number of methoxy groups -OCH3 is 1. The summed E-state index contributed by atoms with van der Waals surface area (Å²) in [5, 5.41) is 14.1. The van der Waals surface area contributed by atoms with Crippen molar-refractivity contribution < 1.29 is 9.53 Å². The molecule has 1 amide bonds. The molecule has 0 saturated carbocycles. The third kappa shape index (κ3) is 5.95. The lowest BCUT2D eigenvalue weighted by atomic mass is 9.99. The molecule has 0 saturated heterocycles. The van der Waals surface area contributed by atoms with Crippen LogP contribution in [-0.2, 0) is 4.79 Å². The molecule has 1 N–H and O–H groups in total. The lowest BCUT2D eigenvalue weighted by molar-refractivity contribution is -0.113. The van der Waals surface area contributed by atoms with Crippen molar-refractivity contribution >= 4 is 46.6 Å². The molecule has 0 bridgehead atoms. The molecule has 0 fully saturated rings. The minimum Gasteiger partial charge on any atom is -0.497 e. The monoisotopic (exact) mass is 519 g/mol. The Bertz CT molecular complexity index is 1400. The Balaban J connectivity index is 1.68. The van der Waals surface area contributed by atoms with Gasteiger partial charge >= 0.3 is 0 Å². The summed E-state index contributed by atoms with van der Waals surface area (Å²) < 4.78 is 5.26. The predicted octanol–water partition coefficient (Wildman–Crippen LogP) is 7.33. The van der Waals surface area contributed by atoms with Gasteiger partial charge in [-0.3, -0.25) is 4.79 Å². The first-order valence-electron chi connectivity index (χ1n) is 10.5. The van der Waals surface area contributed by atoms with Crippen molar-refractivity contribution in [3.8, 4) is 34.2 Å². The van der Waals surface area contributed by atoms with Crippen LogP contribution in [0.25, 0.3) is 22.4 Å². The van der Waals surface area contributed by atoms with E-state index in [0.29, 0.717) is 32.0 Å². The van der Waals surface area contributed by atoms with Gasteiger partial charge in [-0.2, -0.15) is 5.26 Å². The van der Waals surface area contributed by atoms with Crippen molar-refractivity contribution in [3.05, 3.63) is 94.5 Å². The number of carbonyl (C=O) groups is 1. The second-order valence-electron chi connectivity index (χ2n) is 7.40. The van der Waals surface area contributed by atoms with Gasteiger partial charge in [-0.15, -0.1) is 0 Å². The van der Waals surface area contributed by atoms with Crippen LogP contribution in [0.4, 0.5) is 5.69 Å². The number of halogens is 2. The van der Waals surface area contributed by atoms with Gasteiger partial charge in [0, 0.05) is 16.1 Å². The van der Waals surface area contributed by atoms with Crippen molar-refractivity contribution in [2.24, 2.45) is 0 Å². The molecule has 4 rings (SSSR count). The maximum Gasteiger partial charge on any atom is 0.234 e. The second-order valence-corrected chi connectivity index (χ2v) is 9.21. The summed E-state index contributed by atoms with van der Waals surface area (Å²) in [6, 6.07) is 26.2. The summed E-state index contributed by atoms with van der Waals surface area (Å²) in [6.45, 7) is 0. The minimum atomic E-state index is -0.291. The fourth-order valence-electron chi connectivity index (χ4n) is 3.40. The molecule has 174 valence electrons. The third-order valence-corrected chi connectivity index (χ3v) is 6.65. The van der Waals surface area contributed by atoms with Crippen molar-refractivity contribution in [1.82, 2.24) is 4.98 Å². The highest BCUT2D eigenvalue weighted by atomic mass is 35.5. The zero-order valence-corrected chi connectivity index (χ0v) is 20.9. The van der Waals surface area contributed by atoms with Gasteiger partial charge in [0.2, 0.25) is 5.91 Å². The van der Waals surface area contributed by atoms with Crippen LogP contribution in [0.2, 0.25) is 10.0 Å². The molecular weight excluding hydrogens is 501 g/mol. The minimum absolute atomic E-state index is 0.0326. The van der Waals surface area contributed by atoms with E-state index < -0.39 is 0 Å². The van der Waals surface area contributed by atoms with E-state index in [0.717, 1.165) is 22.4 Å². The molecule has 0 unspecified atom stereocenters. The standard InChI is InChI=1S/C27H19Cl2N3O2S/c1-34-20-10-7-18(8-11-20)24-14-21(17-5-3-2-4-6-17)22(15-30)27(32-24)35-16-26(33)31-25-13-19(28)9-12-23(25)29/h2-14H,16H2,1H3,(H,31,33). The van der Waals surface area contributed by atoms with E-state index in [9.17, 15) is 10.1 Å². The number of carbonyl (C=O) groups excluding carboxylic acids is 1. The average Bonchev–Trinajstić information content (AvgIpc) is 2.89. The maximum atomic E-state index is 12.7. The van der Waals surface area contributed by atoms with Crippen molar-refractivity contribution in [2.45, 2.75) is 5.03 Å². The first-order valence-corrected chi connectivity index (χ1v) is 12.3. The van der Waals surface area contributed by atoms with Crippen LogP contribution in [0.3, 0.4) is 0 Å². The molecule has 8 heteroatoms. The van der Waals surface area contributed by atoms with Crippen molar-refractivity contribution in [1.29, 1.82) is 5.26 Å². The van der Waals surface area contributed by atoms with Gasteiger partial charge in [-0.05, 0) is 54.1 Å².